The molecule has 2 aromatic rings. The van der Waals surface area contributed by atoms with Crippen LogP contribution < -0.4 is 4.90 Å². The van der Waals surface area contributed by atoms with Gasteiger partial charge in [0.15, 0.2) is 0 Å². The minimum absolute atomic E-state index is 0.317. The summed E-state index contributed by atoms with van der Waals surface area (Å²) in [6, 6.07) is 2.29. The van der Waals surface area contributed by atoms with E-state index in [0.717, 1.165) is 57.1 Å². The summed E-state index contributed by atoms with van der Waals surface area (Å²) in [6.07, 6.45) is 11.0. The highest BCUT2D eigenvalue weighted by atomic mass is 16.2. The van der Waals surface area contributed by atoms with Crippen LogP contribution in [0.15, 0.2) is 31.0 Å². The van der Waals surface area contributed by atoms with E-state index >= 15 is 0 Å². The van der Waals surface area contributed by atoms with Gasteiger partial charge in [-0.2, -0.15) is 0 Å². The average molecular weight is 354 g/mol. The lowest BCUT2D eigenvalue weighted by Gasteiger charge is -2.47. The molecule has 26 heavy (non-hydrogen) atoms. The summed E-state index contributed by atoms with van der Waals surface area (Å²) in [6.45, 7) is 5.60. The number of imidazole rings is 1. The smallest absolute Gasteiger partial charge is 0.225 e. The van der Waals surface area contributed by atoms with Crippen molar-refractivity contribution in [2.45, 2.75) is 45.2 Å². The molecule has 7 nitrogen and oxygen atoms in total. The van der Waals surface area contributed by atoms with Gasteiger partial charge < -0.3 is 14.4 Å². The minimum atomic E-state index is 0.317. The lowest BCUT2D eigenvalue weighted by atomic mass is 9.83. The molecule has 0 N–H and O–H groups in total. The highest BCUT2D eigenvalue weighted by molar-refractivity contribution is 5.77. The second-order valence-electron chi connectivity index (χ2n) is 7.34. The predicted octanol–water partition coefficient (Wildman–Crippen LogP) is 1.89. The van der Waals surface area contributed by atoms with E-state index in [-0.39, 0.29) is 0 Å². The Labute approximate surface area is 154 Å². The third kappa shape index (κ3) is 3.57. The summed E-state index contributed by atoms with van der Waals surface area (Å²) >= 11 is 0. The van der Waals surface area contributed by atoms with Gasteiger partial charge in [-0.25, -0.2) is 15.0 Å². The van der Waals surface area contributed by atoms with Crippen LogP contribution in [0.1, 0.15) is 31.4 Å². The number of hydrogen-bond acceptors (Lipinski definition) is 5. The molecule has 2 fully saturated rings. The number of carbonyl (C=O) groups excluding carboxylic acids is 1. The highest BCUT2D eigenvalue weighted by Crippen LogP contribution is 2.32. The maximum absolute atomic E-state index is 12.5. The predicted molar refractivity (Wildman–Crippen MR) is 98.7 cm³/mol. The van der Waals surface area contributed by atoms with Gasteiger partial charge in [-0.1, -0.05) is 0 Å². The first-order valence-corrected chi connectivity index (χ1v) is 9.50. The van der Waals surface area contributed by atoms with E-state index in [1.807, 2.05) is 31.7 Å². The van der Waals surface area contributed by atoms with Crippen LogP contribution in [0.5, 0.6) is 0 Å². The number of likely N-dealkylation sites (tertiary alicyclic amines) is 1. The maximum atomic E-state index is 12.5. The Bertz CT molecular complexity index is 746. The number of carbonyl (C=O) groups is 1. The van der Waals surface area contributed by atoms with Crippen LogP contribution in [-0.2, 0) is 11.3 Å². The number of hydrogen-bond donors (Lipinski definition) is 0. The molecule has 0 unspecified atom stereocenters. The first-order valence-electron chi connectivity index (χ1n) is 9.50. The second kappa shape index (κ2) is 7.43. The van der Waals surface area contributed by atoms with Crippen LogP contribution in [0.25, 0.3) is 0 Å². The van der Waals surface area contributed by atoms with Crippen molar-refractivity contribution in [2.75, 3.05) is 24.5 Å². The van der Waals surface area contributed by atoms with Gasteiger partial charge in [0.05, 0.1) is 6.33 Å². The van der Waals surface area contributed by atoms with Crippen molar-refractivity contribution in [2.24, 2.45) is 5.92 Å². The Balaban J connectivity index is 1.38. The summed E-state index contributed by atoms with van der Waals surface area (Å²) in [7, 11) is 0. The molecule has 2 atom stereocenters. The zero-order valence-corrected chi connectivity index (χ0v) is 15.3. The van der Waals surface area contributed by atoms with Crippen molar-refractivity contribution >= 4 is 11.9 Å². The van der Waals surface area contributed by atoms with Gasteiger partial charge in [0.1, 0.15) is 0 Å². The lowest BCUT2D eigenvalue weighted by Crippen LogP contribution is -2.56. The first kappa shape index (κ1) is 17.0. The largest absolute Gasteiger partial charge is 0.340 e. The van der Waals surface area contributed by atoms with Crippen molar-refractivity contribution in [1.29, 1.82) is 0 Å². The Hall–Kier alpha value is -2.44. The van der Waals surface area contributed by atoms with Gasteiger partial charge in [-0.05, 0) is 38.2 Å². The van der Waals surface area contributed by atoms with E-state index in [1.54, 1.807) is 6.20 Å². The number of aromatic nitrogens is 4. The van der Waals surface area contributed by atoms with Crippen molar-refractivity contribution in [1.82, 2.24) is 24.4 Å². The number of fused-ring (bicyclic) bond motifs is 1. The fraction of sp³-hybridized carbons (Fsp3) is 0.579. The second-order valence-corrected chi connectivity index (χ2v) is 7.34. The number of nitrogens with zero attached hydrogens (tertiary/aromatic N) is 6. The highest BCUT2D eigenvalue weighted by Gasteiger charge is 2.39. The van der Waals surface area contributed by atoms with E-state index in [9.17, 15) is 4.79 Å². The summed E-state index contributed by atoms with van der Waals surface area (Å²) in [5.74, 6) is 1.66. The molecule has 2 saturated heterocycles. The number of anilines is 1. The zero-order valence-electron chi connectivity index (χ0n) is 15.3. The molecule has 0 bridgehead atoms. The van der Waals surface area contributed by atoms with E-state index in [0.29, 0.717) is 24.3 Å². The molecular weight excluding hydrogens is 328 g/mol. The van der Waals surface area contributed by atoms with E-state index in [1.165, 1.54) is 0 Å². The van der Waals surface area contributed by atoms with Crippen LogP contribution in [0.4, 0.5) is 5.95 Å². The Morgan fingerprint density at radius 3 is 2.96 bits per heavy atom. The Kier molecular flexibility index (Phi) is 4.86. The van der Waals surface area contributed by atoms with Crippen LogP contribution in [0, 0.1) is 12.8 Å². The van der Waals surface area contributed by atoms with Crippen molar-refractivity contribution < 1.29 is 4.79 Å². The summed E-state index contributed by atoms with van der Waals surface area (Å²) in [4.78, 5) is 30.0. The van der Waals surface area contributed by atoms with E-state index < -0.39 is 0 Å². The fourth-order valence-corrected chi connectivity index (χ4v) is 4.25. The molecule has 0 spiro atoms. The van der Waals surface area contributed by atoms with Crippen LogP contribution in [0.2, 0.25) is 0 Å². The normalized spacial score (nSPS) is 23.2. The van der Waals surface area contributed by atoms with Gasteiger partial charge in [0, 0.05) is 62.9 Å². The monoisotopic (exact) mass is 354 g/mol. The third-order valence-corrected chi connectivity index (χ3v) is 5.58. The molecular formula is C19H26N6O. The lowest BCUT2D eigenvalue weighted by molar-refractivity contribution is -0.139. The maximum Gasteiger partial charge on any atom is 0.225 e. The molecule has 0 saturated carbocycles. The number of piperidine rings is 2. The molecule has 1 amide bonds. The van der Waals surface area contributed by atoms with Gasteiger partial charge in [0.25, 0.3) is 0 Å². The van der Waals surface area contributed by atoms with E-state index in [4.69, 9.17) is 0 Å². The molecule has 0 aromatic carbocycles. The number of aryl methyl sites for hydroxylation is 2. The average Bonchev–Trinajstić information content (AvgIpc) is 3.16. The van der Waals surface area contributed by atoms with Gasteiger partial charge in [-0.3, -0.25) is 4.79 Å². The molecule has 0 aliphatic carbocycles. The van der Waals surface area contributed by atoms with Crippen LogP contribution in [0.3, 0.4) is 0 Å². The van der Waals surface area contributed by atoms with Crippen molar-refractivity contribution in [3.05, 3.63) is 36.7 Å². The van der Waals surface area contributed by atoms with Crippen LogP contribution >= 0.6 is 0 Å². The standard InChI is InChI=1S/C19H26N6O/c1-15-5-7-21-19(22-15)24-11-6-17-16(13-24)3-4-18(26)25(17)10-2-9-23-12-8-20-14-23/h5,7-8,12,14,16-17H,2-4,6,9-11,13H2,1H3/t16-,17+/m1/s1. The van der Waals surface area contributed by atoms with Crippen LogP contribution in [-0.4, -0.2) is 56.0 Å². The molecule has 7 heteroatoms. The molecule has 2 aliphatic heterocycles. The van der Waals surface area contributed by atoms with E-state index in [2.05, 4.69) is 29.3 Å². The number of rotatable bonds is 5. The molecule has 0 radical (unpaired) electrons. The Morgan fingerprint density at radius 1 is 1.23 bits per heavy atom. The van der Waals surface area contributed by atoms with Crippen molar-refractivity contribution in [3.8, 4) is 0 Å². The summed E-state index contributed by atoms with van der Waals surface area (Å²) in [5, 5.41) is 0. The Morgan fingerprint density at radius 2 is 2.15 bits per heavy atom. The quantitative estimate of drug-likeness (QED) is 0.820. The van der Waals surface area contributed by atoms with Gasteiger partial charge >= 0.3 is 0 Å². The minimum Gasteiger partial charge on any atom is -0.340 e. The molecule has 2 aromatic heterocycles. The van der Waals surface area contributed by atoms with Crippen molar-refractivity contribution in [3.63, 3.8) is 0 Å². The number of amides is 1. The zero-order chi connectivity index (χ0) is 17.9. The first-order chi connectivity index (χ1) is 12.7. The third-order valence-electron chi connectivity index (χ3n) is 5.58. The molecule has 4 heterocycles. The topological polar surface area (TPSA) is 67.2 Å². The molecule has 2 aliphatic rings. The summed E-state index contributed by atoms with van der Waals surface area (Å²) in [5.41, 5.74) is 0.997. The molecule has 138 valence electrons. The van der Waals surface area contributed by atoms with Gasteiger partial charge in [0.2, 0.25) is 11.9 Å². The SMILES string of the molecule is Cc1ccnc(N2CC[C@H]3[C@H](CCC(=O)N3CCCn3ccnc3)C2)n1. The van der Waals surface area contributed by atoms with Gasteiger partial charge in [-0.15, -0.1) is 0 Å². The molecule has 4 rings (SSSR count). The summed E-state index contributed by atoms with van der Waals surface area (Å²) < 4.78 is 2.07. The fourth-order valence-electron chi connectivity index (χ4n) is 4.25.